The number of pyridine rings is 1. The summed E-state index contributed by atoms with van der Waals surface area (Å²) < 4.78 is 13.8. The number of nitrogen functional groups attached to an aromatic ring is 1. The number of rotatable bonds is 2. The van der Waals surface area contributed by atoms with Crippen molar-refractivity contribution in [2.45, 2.75) is 6.92 Å². The van der Waals surface area contributed by atoms with E-state index in [1.54, 1.807) is 19.1 Å². The summed E-state index contributed by atoms with van der Waals surface area (Å²) in [7, 11) is 0. The van der Waals surface area contributed by atoms with E-state index in [2.05, 4.69) is 4.98 Å². The zero-order chi connectivity index (χ0) is 13.3. The molecule has 3 N–H and O–H groups in total. The molecule has 0 aliphatic carbocycles. The molecule has 0 saturated heterocycles. The molecule has 2 aromatic rings. The molecule has 0 atom stereocenters. The number of hydrogen-bond acceptors (Lipinski definition) is 4. The predicted molar refractivity (Wildman–Crippen MR) is 65.8 cm³/mol. The summed E-state index contributed by atoms with van der Waals surface area (Å²) >= 11 is 0. The van der Waals surface area contributed by atoms with Gasteiger partial charge in [-0.1, -0.05) is 0 Å². The average Bonchev–Trinajstić information content (AvgIpc) is 2.30. The number of nitrogens with two attached hydrogens (primary N) is 1. The van der Waals surface area contributed by atoms with Crippen LogP contribution in [0.3, 0.4) is 0 Å². The van der Waals surface area contributed by atoms with Gasteiger partial charge < -0.3 is 10.8 Å². The molecule has 18 heavy (non-hydrogen) atoms. The fourth-order valence-corrected chi connectivity index (χ4v) is 1.70. The Morgan fingerprint density at radius 3 is 2.67 bits per heavy atom. The van der Waals surface area contributed by atoms with Crippen molar-refractivity contribution < 1.29 is 14.3 Å². The van der Waals surface area contributed by atoms with Crippen LogP contribution in [0.1, 0.15) is 15.9 Å². The maximum absolute atomic E-state index is 13.8. The Bertz CT molecular complexity index is 606. The summed E-state index contributed by atoms with van der Waals surface area (Å²) in [5.41, 5.74) is 6.74. The number of carbonyl (C=O) groups excluding carboxylic acids is 1. The van der Waals surface area contributed by atoms with Crippen LogP contribution in [-0.4, -0.2) is 16.4 Å². The number of hydrogen-bond donors (Lipinski definition) is 2. The van der Waals surface area contributed by atoms with Crippen LogP contribution in [0.2, 0.25) is 0 Å². The van der Waals surface area contributed by atoms with Crippen LogP contribution in [0.25, 0.3) is 11.3 Å². The molecule has 0 spiro atoms. The van der Waals surface area contributed by atoms with E-state index >= 15 is 0 Å². The number of anilines is 1. The minimum Gasteiger partial charge on any atom is -0.507 e. The third kappa shape index (κ3) is 2.15. The number of nitrogens with zero attached hydrogens (tertiary/aromatic N) is 1. The predicted octanol–water partition coefficient (Wildman–Crippen LogP) is 2.30. The highest BCUT2D eigenvalue weighted by Crippen LogP contribution is 2.28. The lowest BCUT2D eigenvalue weighted by molar-refractivity contribution is 0.112. The molecule has 92 valence electrons. The van der Waals surface area contributed by atoms with Crippen molar-refractivity contribution in [2.24, 2.45) is 0 Å². The van der Waals surface area contributed by atoms with E-state index in [0.29, 0.717) is 12.0 Å². The van der Waals surface area contributed by atoms with Gasteiger partial charge >= 0.3 is 0 Å². The van der Waals surface area contributed by atoms with E-state index < -0.39 is 5.82 Å². The first-order chi connectivity index (χ1) is 8.51. The average molecular weight is 246 g/mol. The summed E-state index contributed by atoms with van der Waals surface area (Å²) in [6, 6.07) is 5.44. The number of carbonyl (C=O) groups is 1. The number of halogens is 1. The molecule has 0 amide bonds. The van der Waals surface area contributed by atoms with Gasteiger partial charge in [0.15, 0.2) is 6.29 Å². The summed E-state index contributed by atoms with van der Waals surface area (Å²) in [6.45, 7) is 1.80. The Morgan fingerprint density at radius 1 is 1.33 bits per heavy atom. The van der Waals surface area contributed by atoms with E-state index in [1.165, 1.54) is 6.07 Å². The van der Waals surface area contributed by atoms with Gasteiger partial charge in [0.25, 0.3) is 0 Å². The van der Waals surface area contributed by atoms with E-state index in [9.17, 15) is 14.3 Å². The lowest BCUT2D eigenvalue weighted by Crippen LogP contribution is -1.96. The first kappa shape index (κ1) is 12.0. The Kier molecular flexibility index (Phi) is 2.97. The van der Waals surface area contributed by atoms with E-state index in [0.717, 1.165) is 11.6 Å². The van der Waals surface area contributed by atoms with Crippen LogP contribution in [-0.2, 0) is 0 Å². The third-order valence-corrected chi connectivity index (χ3v) is 2.51. The summed E-state index contributed by atoms with van der Waals surface area (Å²) in [6.07, 6.45) is 0.389. The van der Waals surface area contributed by atoms with Gasteiger partial charge in [0.05, 0.1) is 11.3 Å². The quantitative estimate of drug-likeness (QED) is 0.797. The molecule has 4 nitrogen and oxygen atoms in total. The topological polar surface area (TPSA) is 76.2 Å². The molecule has 0 unspecified atom stereocenters. The SMILES string of the molecule is Cc1cc(N)nc(-c2cc(O)c(C=O)cc2F)c1. The highest BCUT2D eigenvalue weighted by molar-refractivity contribution is 5.81. The van der Waals surface area contributed by atoms with Gasteiger partial charge in [-0.15, -0.1) is 0 Å². The number of phenols is 1. The maximum atomic E-state index is 13.8. The Morgan fingerprint density at radius 2 is 2.06 bits per heavy atom. The second-order valence-corrected chi connectivity index (χ2v) is 3.96. The van der Waals surface area contributed by atoms with Crippen LogP contribution >= 0.6 is 0 Å². The zero-order valence-corrected chi connectivity index (χ0v) is 9.64. The van der Waals surface area contributed by atoms with Gasteiger partial charge in [-0.3, -0.25) is 4.79 Å². The van der Waals surface area contributed by atoms with Gasteiger partial charge in [-0.2, -0.15) is 0 Å². The number of aldehydes is 1. The van der Waals surface area contributed by atoms with Crippen molar-refractivity contribution in [3.8, 4) is 17.0 Å². The van der Waals surface area contributed by atoms with Gasteiger partial charge in [-0.05, 0) is 36.8 Å². The van der Waals surface area contributed by atoms with E-state index in [1.807, 2.05) is 0 Å². The maximum Gasteiger partial charge on any atom is 0.153 e. The number of aryl methyl sites for hydroxylation is 1. The van der Waals surface area contributed by atoms with Crippen molar-refractivity contribution in [1.29, 1.82) is 0 Å². The first-order valence-electron chi connectivity index (χ1n) is 5.23. The molecule has 0 saturated carbocycles. The largest absolute Gasteiger partial charge is 0.507 e. The van der Waals surface area contributed by atoms with Crippen molar-refractivity contribution in [1.82, 2.24) is 4.98 Å². The highest BCUT2D eigenvalue weighted by atomic mass is 19.1. The van der Waals surface area contributed by atoms with E-state index in [4.69, 9.17) is 5.73 Å². The Balaban J connectivity index is 2.63. The molecule has 1 aromatic heterocycles. The monoisotopic (exact) mass is 246 g/mol. The fourth-order valence-electron chi connectivity index (χ4n) is 1.70. The molecule has 5 heteroatoms. The van der Waals surface area contributed by atoms with Crippen LogP contribution in [0.4, 0.5) is 10.2 Å². The van der Waals surface area contributed by atoms with Crippen molar-refractivity contribution in [2.75, 3.05) is 5.73 Å². The van der Waals surface area contributed by atoms with Gasteiger partial charge in [0.1, 0.15) is 17.4 Å². The number of phenolic OH excluding ortho intramolecular Hbond substituents is 1. The third-order valence-electron chi connectivity index (χ3n) is 2.51. The van der Waals surface area contributed by atoms with Crippen LogP contribution in [0, 0.1) is 12.7 Å². The molecule has 2 rings (SSSR count). The van der Waals surface area contributed by atoms with Crippen LogP contribution in [0.15, 0.2) is 24.3 Å². The first-order valence-corrected chi connectivity index (χ1v) is 5.23. The fraction of sp³-hybridized carbons (Fsp3) is 0.0769. The summed E-state index contributed by atoms with van der Waals surface area (Å²) in [5, 5.41) is 9.56. The second kappa shape index (κ2) is 4.44. The summed E-state index contributed by atoms with van der Waals surface area (Å²) in [5.74, 6) is -0.654. The van der Waals surface area contributed by atoms with Gasteiger partial charge in [0.2, 0.25) is 0 Å². The van der Waals surface area contributed by atoms with Crippen LogP contribution < -0.4 is 5.73 Å². The molecule has 0 fully saturated rings. The minimum atomic E-state index is -0.632. The molecule has 0 radical (unpaired) electrons. The highest BCUT2D eigenvalue weighted by Gasteiger charge is 2.12. The van der Waals surface area contributed by atoms with Gasteiger partial charge in [0, 0.05) is 5.56 Å². The minimum absolute atomic E-state index is 0.100. The van der Waals surface area contributed by atoms with Gasteiger partial charge in [-0.25, -0.2) is 9.37 Å². The Hall–Kier alpha value is -2.43. The second-order valence-electron chi connectivity index (χ2n) is 3.96. The number of aromatic hydroxyl groups is 1. The molecule has 0 aliphatic heterocycles. The lowest BCUT2D eigenvalue weighted by Gasteiger charge is -2.07. The normalized spacial score (nSPS) is 10.3. The molecular formula is C13H11FN2O2. The smallest absolute Gasteiger partial charge is 0.153 e. The van der Waals surface area contributed by atoms with Crippen molar-refractivity contribution in [3.63, 3.8) is 0 Å². The van der Waals surface area contributed by atoms with Crippen molar-refractivity contribution >= 4 is 12.1 Å². The molecule has 1 aromatic carbocycles. The molecule has 1 heterocycles. The van der Waals surface area contributed by atoms with Crippen molar-refractivity contribution in [3.05, 3.63) is 41.2 Å². The standard InChI is InChI=1S/C13H11FN2O2/c1-7-2-11(16-13(15)3-7)9-5-12(18)8(6-17)4-10(9)14/h2-6,18H,1H3,(H2,15,16). The number of benzene rings is 1. The summed E-state index contributed by atoms with van der Waals surface area (Å²) in [4.78, 5) is 14.6. The molecule has 0 aliphatic rings. The zero-order valence-electron chi connectivity index (χ0n) is 9.64. The Labute approximate surface area is 103 Å². The molecule has 0 bridgehead atoms. The molecular weight excluding hydrogens is 235 g/mol. The lowest BCUT2D eigenvalue weighted by atomic mass is 10.1. The number of aromatic nitrogens is 1. The van der Waals surface area contributed by atoms with Crippen LogP contribution in [0.5, 0.6) is 5.75 Å². The van der Waals surface area contributed by atoms with E-state index in [-0.39, 0.29) is 22.7 Å².